The zero-order valence-corrected chi connectivity index (χ0v) is 22.0. The number of Topliss-reactive ketones (excluding diaryl/α,β-unsaturated/α-hetero) is 2. The lowest BCUT2D eigenvalue weighted by molar-refractivity contribution is -0.123. The Labute approximate surface area is 208 Å². The lowest BCUT2D eigenvalue weighted by atomic mass is 9.86. The molecule has 0 aromatic heterocycles. The number of carbonyl (C=O) groups is 4. The van der Waals surface area contributed by atoms with Crippen molar-refractivity contribution in [1.82, 2.24) is 10.6 Å². The fourth-order valence-electron chi connectivity index (χ4n) is 3.34. The van der Waals surface area contributed by atoms with E-state index in [-0.39, 0.29) is 23.7 Å². The van der Waals surface area contributed by atoms with E-state index in [9.17, 15) is 24.3 Å². The zero-order valence-electron chi connectivity index (χ0n) is 22.0. The number of allylic oxidation sites excluding steroid dienone is 2. The van der Waals surface area contributed by atoms with Gasteiger partial charge in [0.05, 0.1) is 18.2 Å². The van der Waals surface area contributed by atoms with Crippen LogP contribution < -0.4 is 10.6 Å². The number of hydrogen-bond acceptors (Lipinski definition) is 7. The Morgan fingerprint density at radius 3 is 1.83 bits per heavy atom. The third kappa shape index (κ3) is 12.4. The summed E-state index contributed by atoms with van der Waals surface area (Å²) in [6.07, 6.45) is 7.80. The lowest BCUT2D eigenvalue weighted by Crippen LogP contribution is -2.43. The fourth-order valence-corrected chi connectivity index (χ4v) is 3.34. The normalized spacial score (nSPS) is 23.7. The van der Waals surface area contributed by atoms with Crippen molar-refractivity contribution in [2.75, 3.05) is 0 Å². The molecular formula is C26H40N2O7. The van der Waals surface area contributed by atoms with Crippen molar-refractivity contribution in [3.63, 3.8) is 0 Å². The van der Waals surface area contributed by atoms with Crippen LogP contribution in [0.5, 0.6) is 0 Å². The van der Waals surface area contributed by atoms with Crippen LogP contribution in [0.3, 0.4) is 0 Å². The third-order valence-electron chi connectivity index (χ3n) is 4.92. The van der Waals surface area contributed by atoms with Gasteiger partial charge in [-0.15, -0.1) is 0 Å². The number of carbonyl (C=O) groups excluding carboxylic acids is 4. The monoisotopic (exact) mass is 492 g/mol. The molecule has 0 radical (unpaired) electrons. The molecule has 0 spiro atoms. The number of rotatable bonds is 4. The van der Waals surface area contributed by atoms with Crippen molar-refractivity contribution >= 4 is 23.8 Å². The summed E-state index contributed by atoms with van der Waals surface area (Å²) in [5.74, 6) is -0.511. The number of ether oxygens (including phenoxy) is 2. The average molecular weight is 493 g/mol. The summed E-state index contributed by atoms with van der Waals surface area (Å²) >= 11 is 0. The van der Waals surface area contributed by atoms with E-state index in [4.69, 9.17) is 9.47 Å². The van der Waals surface area contributed by atoms with E-state index < -0.39 is 35.4 Å². The van der Waals surface area contributed by atoms with Crippen LogP contribution in [-0.4, -0.2) is 58.2 Å². The van der Waals surface area contributed by atoms with Crippen LogP contribution in [0.15, 0.2) is 36.0 Å². The molecule has 0 aromatic carbocycles. The number of amides is 2. The van der Waals surface area contributed by atoms with Gasteiger partial charge in [-0.3, -0.25) is 9.59 Å². The van der Waals surface area contributed by atoms with E-state index in [1.54, 1.807) is 39.0 Å². The minimum Gasteiger partial charge on any atom is -0.444 e. The average Bonchev–Trinajstić information content (AvgIpc) is 2.67. The molecule has 2 aliphatic carbocycles. The van der Waals surface area contributed by atoms with E-state index in [2.05, 4.69) is 10.6 Å². The van der Waals surface area contributed by atoms with Gasteiger partial charge >= 0.3 is 12.2 Å². The van der Waals surface area contributed by atoms with Crippen LogP contribution in [0.1, 0.15) is 68.2 Å². The van der Waals surface area contributed by atoms with Crippen LogP contribution in [0, 0.1) is 5.92 Å². The van der Waals surface area contributed by atoms with Gasteiger partial charge in [0.2, 0.25) is 0 Å². The van der Waals surface area contributed by atoms with Crippen LogP contribution in [0.25, 0.3) is 0 Å². The number of ketones is 2. The maximum absolute atomic E-state index is 11.6. The Morgan fingerprint density at radius 1 is 0.857 bits per heavy atom. The highest BCUT2D eigenvalue weighted by Crippen LogP contribution is 2.21. The Morgan fingerprint density at radius 2 is 1.37 bits per heavy atom. The second kappa shape index (κ2) is 12.7. The molecule has 196 valence electrons. The van der Waals surface area contributed by atoms with E-state index in [1.807, 2.05) is 26.8 Å². The lowest BCUT2D eigenvalue weighted by Gasteiger charge is -2.28. The maximum Gasteiger partial charge on any atom is 0.408 e. The minimum atomic E-state index is -0.765. The predicted molar refractivity (Wildman–Crippen MR) is 133 cm³/mol. The molecule has 0 aromatic rings. The second-order valence-corrected chi connectivity index (χ2v) is 10.7. The molecule has 0 fully saturated rings. The first-order valence-electron chi connectivity index (χ1n) is 11.7. The minimum absolute atomic E-state index is 0.0327. The molecule has 0 aliphatic heterocycles. The van der Waals surface area contributed by atoms with Crippen LogP contribution >= 0.6 is 0 Å². The number of aliphatic hydroxyl groups excluding tert-OH is 1. The largest absolute Gasteiger partial charge is 0.444 e. The second-order valence-electron chi connectivity index (χ2n) is 10.7. The molecule has 3 N–H and O–H groups in total. The van der Waals surface area contributed by atoms with Crippen molar-refractivity contribution < 1.29 is 33.8 Å². The molecule has 2 rings (SSSR count). The number of alkyl carbamates (subject to hydrolysis) is 2. The molecular weight excluding hydrogens is 452 g/mol. The zero-order chi connectivity index (χ0) is 27.0. The third-order valence-corrected chi connectivity index (χ3v) is 4.92. The first-order chi connectivity index (χ1) is 16.0. The van der Waals surface area contributed by atoms with Gasteiger partial charge in [0.1, 0.15) is 17.0 Å². The highest BCUT2D eigenvalue weighted by Gasteiger charge is 2.30. The quantitative estimate of drug-likeness (QED) is 0.509. The van der Waals surface area contributed by atoms with Crippen LogP contribution in [0.2, 0.25) is 0 Å². The maximum atomic E-state index is 11.6. The van der Waals surface area contributed by atoms with E-state index in [1.165, 1.54) is 19.9 Å². The van der Waals surface area contributed by atoms with Gasteiger partial charge in [0.25, 0.3) is 0 Å². The van der Waals surface area contributed by atoms with Gasteiger partial charge < -0.3 is 25.2 Å². The topological polar surface area (TPSA) is 131 Å². The summed E-state index contributed by atoms with van der Waals surface area (Å²) in [6, 6.07) is -0.453. The summed E-state index contributed by atoms with van der Waals surface area (Å²) < 4.78 is 10.3. The molecule has 2 unspecified atom stereocenters. The van der Waals surface area contributed by atoms with E-state index in [0.29, 0.717) is 18.4 Å². The highest BCUT2D eigenvalue weighted by molar-refractivity contribution is 5.94. The number of nitrogens with one attached hydrogen (secondary N) is 2. The van der Waals surface area contributed by atoms with Crippen molar-refractivity contribution in [3.8, 4) is 0 Å². The highest BCUT2D eigenvalue weighted by atomic mass is 16.6. The first kappa shape index (κ1) is 30.1. The number of aliphatic hydroxyl groups is 1. The van der Waals surface area contributed by atoms with Crippen molar-refractivity contribution in [2.45, 2.75) is 97.6 Å². The standard InChI is InChI=1S/C13H21NO4.C13H19NO3/c1-8(15)10-7-9(5-6-11(10)16)14-12(17)18-13(2,3)4;1-9(15)10-6-5-7-11(8-10)14-12(16)17-13(2,3)4/h5-6,9-11,16H,7H2,1-4H3,(H,14,17);5-7,11H,8H2,1-4H3,(H,14,16)/t9-,10?,11?;11-/m11/s1. The van der Waals surface area contributed by atoms with Gasteiger partial charge in [-0.1, -0.05) is 30.4 Å². The summed E-state index contributed by atoms with van der Waals surface area (Å²) in [5.41, 5.74) is -0.350. The van der Waals surface area contributed by atoms with Crippen molar-refractivity contribution in [1.29, 1.82) is 0 Å². The van der Waals surface area contributed by atoms with Gasteiger partial charge in [0.15, 0.2) is 5.78 Å². The van der Waals surface area contributed by atoms with Crippen LogP contribution in [-0.2, 0) is 19.1 Å². The molecule has 2 aliphatic rings. The molecule has 9 heteroatoms. The van der Waals surface area contributed by atoms with Gasteiger partial charge in [0, 0.05) is 5.92 Å². The Hall–Kier alpha value is -2.94. The molecule has 0 saturated carbocycles. The fraction of sp³-hybridized carbons (Fsp3) is 0.615. The molecule has 9 nitrogen and oxygen atoms in total. The Bertz CT molecular complexity index is 875. The number of hydrogen-bond donors (Lipinski definition) is 3. The Balaban J connectivity index is 0.000000351. The SMILES string of the molecule is CC(=O)C1=CC=C[C@@H](NC(=O)OC(C)(C)C)C1.CC(=O)C1C[C@H](NC(=O)OC(C)(C)C)C=CC1O. The summed E-state index contributed by atoms with van der Waals surface area (Å²) in [7, 11) is 0. The van der Waals surface area contributed by atoms with Gasteiger partial charge in [-0.25, -0.2) is 9.59 Å². The van der Waals surface area contributed by atoms with Crippen molar-refractivity contribution in [2.24, 2.45) is 5.92 Å². The smallest absolute Gasteiger partial charge is 0.408 e. The summed E-state index contributed by atoms with van der Waals surface area (Å²) in [5, 5.41) is 15.0. The van der Waals surface area contributed by atoms with E-state index >= 15 is 0 Å². The molecule has 0 heterocycles. The predicted octanol–water partition coefficient (Wildman–Crippen LogP) is 3.76. The Kier molecular flexibility index (Phi) is 10.9. The van der Waals surface area contributed by atoms with Crippen LogP contribution in [0.4, 0.5) is 9.59 Å². The molecule has 0 saturated heterocycles. The molecule has 4 atom stereocenters. The van der Waals surface area contributed by atoms with Gasteiger partial charge in [-0.05, 0) is 73.8 Å². The molecule has 0 bridgehead atoms. The van der Waals surface area contributed by atoms with E-state index in [0.717, 1.165) is 0 Å². The molecule has 35 heavy (non-hydrogen) atoms. The van der Waals surface area contributed by atoms with Gasteiger partial charge in [-0.2, -0.15) is 0 Å². The molecule has 2 amide bonds. The summed E-state index contributed by atoms with van der Waals surface area (Å²) in [4.78, 5) is 45.6. The van der Waals surface area contributed by atoms with Crippen molar-refractivity contribution in [3.05, 3.63) is 36.0 Å². The summed E-state index contributed by atoms with van der Waals surface area (Å²) in [6.45, 7) is 13.7. The first-order valence-corrected chi connectivity index (χ1v) is 11.7.